The summed E-state index contributed by atoms with van der Waals surface area (Å²) < 4.78 is 4.58. The number of carbonyl (C=O) groups is 1. The second-order valence-electron chi connectivity index (χ2n) is 4.00. The van der Waals surface area contributed by atoms with E-state index in [1.165, 1.54) is 19.3 Å². The molecule has 1 heterocycles. The van der Waals surface area contributed by atoms with Crippen LogP contribution in [0.3, 0.4) is 0 Å². The largest absolute Gasteiger partial charge is 0.507 e. The highest BCUT2D eigenvalue weighted by atomic mass is 16.5. The Labute approximate surface area is 110 Å². The van der Waals surface area contributed by atoms with Crippen LogP contribution in [0, 0.1) is 0 Å². The summed E-state index contributed by atoms with van der Waals surface area (Å²) in [5.74, 6) is -0.811. The predicted molar refractivity (Wildman–Crippen MR) is 70.9 cm³/mol. The number of methoxy groups -OCH3 is 1. The summed E-state index contributed by atoms with van der Waals surface area (Å²) in [5, 5.41) is 19.6. The normalized spacial score (nSPS) is 16.7. The zero-order chi connectivity index (χ0) is 14.0. The minimum Gasteiger partial charge on any atom is -0.507 e. The van der Waals surface area contributed by atoms with Crippen LogP contribution in [-0.4, -0.2) is 29.0 Å². The number of nitrogens with zero attached hydrogens (tertiary/aromatic N) is 1. The number of aromatic hydroxyl groups is 1. The van der Waals surface area contributed by atoms with Crippen molar-refractivity contribution in [2.75, 3.05) is 7.11 Å². The van der Waals surface area contributed by atoms with E-state index in [1.54, 1.807) is 25.1 Å². The first-order valence-electron chi connectivity index (χ1n) is 5.62. The van der Waals surface area contributed by atoms with Crippen LogP contribution < -0.4 is 0 Å². The summed E-state index contributed by atoms with van der Waals surface area (Å²) in [4.78, 5) is 15.6. The average Bonchev–Trinajstić information content (AvgIpc) is 2.66. The molecule has 0 atom stereocenters. The Kier molecular flexibility index (Phi) is 3.37. The van der Waals surface area contributed by atoms with Crippen molar-refractivity contribution in [3.8, 4) is 5.75 Å². The fraction of sp³-hybridized carbons (Fsp3) is 0.143. The Balaban J connectivity index is 2.47. The lowest BCUT2D eigenvalue weighted by Gasteiger charge is -2.01. The number of carbonyl (C=O) groups excluding carboxylic acids is 1. The number of esters is 1. The number of ether oxygens (including phenoxy) is 1. The van der Waals surface area contributed by atoms with E-state index in [4.69, 9.17) is 0 Å². The van der Waals surface area contributed by atoms with Gasteiger partial charge in [0, 0.05) is 5.56 Å². The summed E-state index contributed by atoms with van der Waals surface area (Å²) in [6.07, 6.45) is 1.50. The Morgan fingerprint density at radius 1 is 1.32 bits per heavy atom. The van der Waals surface area contributed by atoms with Crippen LogP contribution in [0.1, 0.15) is 12.5 Å². The Morgan fingerprint density at radius 2 is 2.00 bits per heavy atom. The smallest absolute Gasteiger partial charge is 0.343 e. The molecule has 1 aliphatic rings. The van der Waals surface area contributed by atoms with E-state index < -0.39 is 5.97 Å². The average molecular weight is 259 g/mol. The fourth-order valence-electron chi connectivity index (χ4n) is 1.79. The first-order chi connectivity index (χ1) is 9.04. The van der Waals surface area contributed by atoms with Gasteiger partial charge >= 0.3 is 5.97 Å². The topological polar surface area (TPSA) is 79.1 Å². The summed E-state index contributed by atoms with van der Waals surface area (Å²) in [5.41, 5.74) is 1.15. The lowest BCUT2D eigenvalue weighted by molar-refractivity contribution is -0.135. The molecule has 19 heavy (non-hydrogen) atoms. The monoisotopic (exact) mass is 259 g/mol. The van der Waals surface area contributed by atoms with Crippen LogP contribution in [0.4, 0.5) is 0 Å². The van der Waals surface area contributed by atoms with E-state index in [9.17, 15) is 15.0 Å². The van der Waals surface area contributed by atoms with Gasteiger partial charge in [0.2, 0.25) is 0 Å². The molecule has 0 aromatic heterocycles. The molecular weight excluding hydrogens is 246 g/mol. The van der Waals surface area contributed by atoms with Gasteiger partial charge in [0.25, 0.3) is 0 Å². The fourth-order valence-corrected chi connectivity index (χ4v) is 1.79. The third-order valence-electron chi connectivity index (χ3n) is 2.75. The van der Waals surface area contributed by atoms with E-state index >= 15 is 0 Å². The second-order valence-corrected chi connectivity index (χ2v) is 4.00. The maximum atomic E-state index is 11.5. The van der Waals surface area contributed by atoms with Gasteiger partial charge in [0.05, 0.1) is 12.8 Å². The van der Waals surface area contributed by atoms with Crippen LogP contribution >= 0.6 is 0 Å². The molecule has 1 aliphatic heterocycles. The van der Waals surface area contributed by atoms with E-state index in [2.05, 4.69) is 9.73 Å². The maximum Gasteiger partial charge on any atom is 0.343 e. The quantitative estimate of drug-likeness (QED) is 0.798. The molecule has 1 aromatic rings. The zero-order valence-electron chi connectivity index (χ0n) is 10.5. The molecule has 2 rings (SSSR count). The highest BCUT2D eigenvalue weighted by Gasteiger charge is 2.27. The molecule has 1 aromatic carbocycles. The van der Waals surface area contributed by atoms with Crippen molar-refractivity contribution in [1.82, 2.24) is 0 Å². The Bertz CT molecular complexity index is 626. The molecule has 0 radical (unpaired) electrons. The van der Waals surface area contributed by atoms with E-state index in [-0.39, 0.29) is 22.8 Å². The number of aliphatic imine (C=N–C) groups is 1. The van der Waals surface area contributed by atoms with Crippen LogP contribution in [0.15, 0.2) is 46.3 Å². The lowest BCUT2D eigenvalue weighted by Crippen LogP contribution is -2.11. The van der Waals surface area contributed by atoms with Gasteiger partial charge in [-0.05, 0) is 19.1 Å². The summed E-state index contributed by atoms with van der Waals surface area (Å²) >= 11 is 0. The van der Waals surface area contributed by atoms with Crippen molar-refractivity contribution in [2.45, 2.75) is 6.92 Å². The van der Waals surface area contributed by atoms with E-state index in [1.807, 2.05) is 0 Å². The summed E-state index contributed by atoms with van der Waals surface area (Å²) in [7, 11) is 1.24. The van der Waals surface area contributed by atoms with Gasteiger partial charge in [0.1, 0.15) is 17.0 Å². The Morgan fingerprint density at radius 3 is 2.63 bits per heavy atom. The molecule has 2 N–H and O–H groups in total. The minimum atomic E-state index is -0.639. The number of para-hydroxylation sites is 1. The third-order valence-corrected chi connectivity index (χ3v) is 2.75. The van der Waals surface area contributed by atoms with Crippen molar-refractivity contribution in [3.63, 3.8) is 0 Å². The summed E-state index contributed by atoms with van der Waals surface area (Å²) in [6.45, 7) is 1.61. The van der Waals surface area contributed by atoms with Crippen LogP contribution in [0.5, 0.6) is 5.75 Å². The van der Waals surface area contributed by atoms with Gasteiger partial charge in [-0.25, -0.2) is 9.79 Å². The molecule has 0 aliphatic carbocycles. The highest BCUT2D eigenvalue weighted by molar-refractivity contribution is 6.22. The number of hydrogen-bond acceptors (Lipinski definition) is 5. The van der Waals surface area contributed by atoms with Crippen molar-refractivity contribution in [2.24, 2.45) is 4.99 Å². The first-order valence-corrected chi connectivity index (χ1v) is 5.62. The maximum absolute atomic E-state index is 11.5. The molecular formula is C14H13NO4. The molecule has 0 amide bonds. The first kappa shape index (κ1) is 12.9. The molecule has 0 bridgehead atoms. The molecule has 98 valence electrons. The summed E-state index contributed by atoms with van der Waals surface area (Å²) in [6, 6.07) is 6.65. The highest BCUT2D eigenvalue weighted by Crippen LogP contribution is 2.28. The molecule has 5 nitrogen and oxygen atoms in total. The SMILES string of the molecule is COC(=O)C1=C(O)C(=Cc2ccccc2O)N=C1C. The van der Waals surface area contributed by atoms with Crippen molar-refractivity contribution in [3.05, 3.63) is 46.9 Å². The number of aliphatic hydroxyl groups is 1. The molecule has 0 saturated heterocycles. The molecule has 5 heteroatoms. The number of aliphatic hydroxyl groups excluding tert-OH is 1. The van der Waals surface area contributed by atoms with E-state index in [0.717, 1.165) is 0 Å². The zero-order valence-corrected chi connectivity index (χ0v) is 10.5. The van der Waals surface area contributed by atoms with Gasteiger partial charge in [-0.15, -0.1) is 0 Å². The van der Waals surface area contributed by atoms with Gasteiger partial charge in [0.15, 0.2) is 5.76 Å². The molecule has 0 unspecified atom stereocenters. The lowest BCUT2D eigenvalue weighted by atomic mass is 10.1. The number of phenolic OH excluding ortho intramolecular Hbond substituents is 1. The van der Waals surface area contributed by atoms with Crippen molar-refractivity contribution >= 4 is 17.8 Å². The third kappa shape index (κ3) is 2.35. The van der Waals surface area contributed by atoms with Crippen LogP contribution in [0.2, 0.25) is 0 Å². The second kappa shape index (κ2) is 4.97. The number of benzene rings is 1. The molecule has 0 spiro atoms. The van der Waals surface area contributed by atoms with Crippen molar-refractivity contribution in [1.29, 1.82) is 0 Å². The van der Waals surface area contributed by atoms with Crippen molar-refractivity contribution < 1.29 is 19.7 Å². The van der Waals surface area contributed by atoms with Gasteiger partial charge in [-0.3, -0.25) is 0 Å². The number of rotatable bonds is 2. The van der Waals surface area contributed by atoms with Crippen LogP contribution in [-0.2, 0) is 9.53 Å². The molecule has 0 saturated carbocycles. The van der Waals surface area contributed by atoms with Gasteiger partial charge < -0.3 is 14.9 Å². The minimum absolute atomic E-state index is 0.0455. The standard InChI is InChI=1S/C14H13NO4/c1-8-12(14(18)19-2)13(17)10(15-8)7-9-5-3-4-6-11(9)16/h3-7,16-17H,1-2H3. The number of phenols is 1. The number of hydrogen-bond donors (Lipinski definition) is 2. The predicted octanol–water partition coefficient (Wildman–Crippen LogP) is 2.19. The van der Waals surface area contributed by atoms with Crippen LogP contribution in [0.25, 0.3) is 6.08 Å². The Hall–Kier alpha value is -2.56. The molecule has 0 fully saturated rings. The van der Waals surface area contributed by atoms with E-state index in [0.29, 0.717) is 11.3 Å². The van der Waals surface area contributed by atoms with Gasteiger partial charge in [-0.2, -0.15) is 0 Å². The van der Waals surface area contributed by atoms with Gasteiger partial charge in [-0.1, -0.05) is 18.2 Å².